The quantitative estimate of drug-likeness (QED) is 0.737. The fourth-order valence-electron chi connectivity index (χ4n) is 3.30. The number of primary amides is 1. The van der Waals surface area contributed by atoms with Crippen molar-refractivity contribution in [3.05, 3.63) is 35.4 Å². The van der Waals surface area contributed by atoms with E-state index in [1.165, 1.54) is 0 Å². The standard InChI is InChI=1S/C21H31N3O4/c1-21(2,3)28-20(27)24-17-12-14-7-9-15(10-8-14)16(13-18(22)25)6-4-5-11-23-19(17)26/h7-10,16-17H,4-6,11-13H2,1-3H3,(H2,22,25)(H,23,26)(H,24,27)/t16?,17-/m0/s1. The molecule has 0 radical (unpaired) electrons. The van der Waals surface area contributed by atoms with E-state index in [1.54, 1.807) is 20.8 Å². The van der Waals surface area contributed by atoms with Crippen LogP contribution in [0.5, 0.6) is 0 Å². The number of hydrogen-bond donors (Lipinski definition) is 3. The summed E-state index contributed by atoms with van der Waals surface area (Å²) in [4.78, 5) is 36.1. The van der Waals surface area contributed by atoms with E-state index < -0.39 is 17.7 Å². The second-order valence-electron chi connectivity index (χ2n) is 8.30. The normalized spacial score (nSPS) is 20.9. The molecule has 154 valence electrons. The lowest BCUT2D eigenvalue weighted by Crippen LogP contribution is -2.49. The maximum absolute atomic E-state index is 12.6. The molecule has 2 bridgehead atoms. The van der Waals surface area contributed by atoms with Crippen molar-refractivity contribution in [2.75, 3.05) is 6.54 Å². The predicted molar refractivity (Wildman–Crippen MR) is 107 cm³/mol. The fraction of sp³-hybridized carbons (Fsp3) is 0.571. The minimum absolute atomic E-state index is 0.0821. The Hall–Kier alpha value is -2.57. The molecule has 2 aliphatic heterocycles. The molecule has 1 aromatic rings. The smallest absolute Gasteiger partial charge is 0.408 e. The predicted octanol–water partition coefficient (Wildman–Crippen LogP) is 2.38. The maximum Gasteiger partial charge on any atom is 0.408 e. The fourth-order valence-corrected chi connectivity index (χ4v) is 3.30. The molecule has 7 heteroatoms. The van der Waals surface area contributed by atoms with Crippen molar-refractivity contribution in [2.45, 2.75) is 70.4 Å². The Morgan fingerprint density at radius 3 is 2.50 bits per heavy atom. The van der Waals surface area contributed by atoms with Crippen molar-refractivity contribution in [3.8, 4) is 0 Å². The Morgan fingerprint density at radius 2 is 1.89 bits per heavy atom. The highest BCUT2D eigenvalue weighted by Crippen LogP contribution is 2.26. The van der Waals surface area contributed by atoms with Crippen LogP contribution in [-0.2, 0) is 20.7 Å². The van der Waals surface area contributed by atoms with Crippen LogP contribution in [0.2, 0.25) is 0 Å². The molecule has 1 aromatic carbocycles. The van der Waals surface area contributed by atoms with Gasteiger partial charge in [0.15, 0.2) is 0 Å². The first-order valence-corrected chi connectivity index (χ1v) is 9.78. The zero-order valence-corrected chi connectivity index (χ0v) is 16.9. The number of carbonyl (C=O) groups excluding carboxylic acids is 3. The number of hydrogen-bond acceptors (Lipinski definition) is 4. The minimum atomic E-state index is -0.720. The molecule has 0 aromatic heterocycles. The molecule has 2 aliphatic rings. The first-order chi connectivity index (χ1) is 13.1. The number of amides is 3. The van der Waals surface area contributed by atoms with Crippen LogP contribution in [-0.4, -0.2) is 36.1 Å². The van der Waals surface area contributed by atoms with E-state index >= 15 is 0 Å². The van der Waals surface area contributed by atoms with Crippen LogP contribution in [0.25, 0.3) is 0 Å². The van der Waals surface area contributed by atoms with E-state index in [0.29, 0.717) is 19.4 Å². The third kappa shape index (κ3) is 7.21. The molecule has 1 unspecified atom stereocenters. The molecule has 0 spiro atoms. The van der Waals surface area contributed by atoms with Gasteiger partial charge in [-0.1, -0.05) is 30.7 Å². The Bertz CT molecular complexity index is 695. The van der Waals surface area contributed by atoms with E-state index in [0.717, 1.165) is 30.4 Å². The van der Waals surface area contributed by atoms with Crippen molar-refractivity contribution in [3.63, 3.8) is 0 Å². The highest BCUT2D eigenvalue weighted by Gasteiger charge is 2.25. The number of alkyl carbamates (subject to hydrolysis) is 1. The Kier molecular flexibility index (Phi) is 7.43. The molecule has 3 amide bonds. The number of ether oxygens (including phenoxy) is 1. The van der Waals surface area contributed by atoms with Crippen molar-refractivity contribution >= 4 is 17.9 Å². The number of fused-ring (bicyclic) bond motifs is 10. The van der Waals surface area contributed by atoms with E-state index in [9.17, 15) is 14.4 Å². The molecule has 0 saturated heterocycles. The lowest BCUT2D eigenvalue weighted by atomic mass is 9.89. The monoisotopic (exact) mass is 389 g/mol. The van der Waals surface area contributed by atoms with Gasteiger partial charge in [0.1, 0.15) is 11.6 Å². The lowest BCUT2D eigenvalue weighted by molar-refractivity contribution is -0.123. The molecule has 28 heavy (non-hydrogen) atoms. The van der Waals surface area contributed by atoms with Gasteiger partial charge in [-0.05, 0) is 50.7 Å². The van der Waals surface area contributed by atoms with Crippen molar-refractivity contribution in [1.82, 2.24) is 10.6 Å². The number of rotatable bonds is 3. The third-order valence-corrected chi connectivity index (χ3v) is 4.62. The van der Waals surface area contributed by atoms with Crippen LogP contribution >= 0.6 is 0 Å². The van der Waals surface area contributed by atoms with Gasteiger partial charge in [-0.25, -0.2) is 4.79 Å². The largest absolute Gasteiger partial charge is 0.444 e. The number of nitrogens with two attached hydrogens (primary N) is 1. The van der Waals surface area contributed by atoms with Gasteiger partial charge in [0.25, 0.3) is 0 Å². The summed E-state index contributed by atoms with van der Waals surface area (Å²) >= 11 is 0. The second kappa shape index (κ2) is 9.57. The molecule has 0 fully saturated rings. The number of nitrogens with one attached hydrogen (secondary N) is 2. The van der Waals surface area contributed by atoms with Crippen LogP contribution in [0.4, 0.5) is 4.79 Å². The Labute approximate surface area is 166 Å². The summed E-state index contributed by atoms with van der Waals surface area (Å²) in [7, 11) is 0. The summed E-state index contributed by atoms with van der Waals surface area (Å²) in [6.45, 7) is 5.84. The Morgan fingerprint density at radius 1 is 1.21 bits per heavy atom. The summed E-state index contributed by atoms with van der Waals surface area (Å²) in [5.74, 6) is -0.463. The topological polar surface area (TPSA) is 111 Å². The average molecular weight is 389 g/mol. The number of benzene rings is 1. The van der Waals surface area contributed by atoms with Gasteiger partial charge in [0, 0.05) is 19.4 Å². The van der Waals surface area contributed by atoms with Crippen molar-refractivity contribution in [2.24, 2.45) is 5.73 Å². The van der Waals surface area contributed by atoms with Crippen molar-refractivity contribution in [1.29, 1.82) is 0 Å². The summed E-state index contributed by atoms with van der Waals surface area (Å²) < 4.78 is 5.29. The molecule has 7 nitrogen and oxygen atoms in total. The molecule has 4 N–H and O–H groups in total. The van der Waals surface area contributed by atoms with Gasteiger partial charge in [0.05, 0.1) is 0 Å². The minimum Gasteiger partial charge on any atom is -0.444 e. The number of carbonyl (C=O) groups is 3. The van der Waals surface area contributed by atoms with E-state index in [4.69, 9.17) is 10.5 Å². The highest BCUT2D eigenvalue weighted by molar-refractivity contribution is 5.86. The first kappa shape index (κ1) is 21.7. The highest BCUT2D eigenvalue weighted by atomic mass is 16.6. The van der Waals surface area contributed by atoms with Gasteiger partial charge >= 0.3 is 6.09 Å². The molecule has 3 rings (SSSR count). The van der Waals surface area contributed by atoms with Crippen LogP contribution in [0, 0.1) is 0 Å². The maximum atomic E-state index is 12.6. The molecular weight excluding hydrogens is 358 g/mol. The lowest BCUT2D eigenvalue weighted by Gasteiger charge is -2.23. The van der Waals surface area contributed by atoms with E-state index in [1.807, 2.05) is 24.3 Å². The summed E-state index contributed by atoms with van der Waals surface area (Å²) in [5.41, 5.74) is 6.75. The molecular formula is C21H31N3O4. The summed E-state index contributed by atoms with van der Waals surface area (Å²) in [5, 5.41) is 5.56. The molecule has 0 aliphatic carbocycles. The first-order valence-electron chi connectivity index (χ1n) is 9.78. The second-order valence-corrected chi connectivity index (χ2v) is 8.30. The third-order valence-electron chi connectivity index (χ3n) is 4.62. The SMILES string of the molecule is CC(C)(C)OC(=O)N[C@H]1Cc2ccc(cc2)C(CC(N)=O)CCCCNC1=O. The zero-order valence-electron chi connectivity index (χ0n) is 16.9. The Balaban J connectivity index is 2.17. The zero-order chi connectivity index (χ0) is 20.7. The molecule has 2 heterocycles. The van der Waals surface area contributed by atoms with Crippen LogP contribution < -0.4 is 16.4 Å². The molecule has 0 saturated carbocycles. The van der Waals surface area contributed by atoms with Gasteiger partial charge in [0.2, 0.25) is 11.8 Å². The van der Waals surface area contributed by atoms with Crippen LogP contribution in [0.3, 0.4) is 0 Å². The van der Waals surface area contributed by atoms with Gasteiger partial charge in [-0.3, -0.25) is 9.59 Å². The van der Waals surface area contributed by atoms with Crippen molar-refractivity contribution < 1.29 is 19.1 Å². The van der Waals surface area contributed by atoms with Gasteiger partial charge < -0.3 is 21.1 Å². The molecule has 2 atom stereocenters. The summed E-state index contributed by atoms with van der Waals surface area (Å²) in [6.07, 6.45) is 2.54. The van der Waals surface area contributed by atoms with Crippen LogP contribution in [0.15, 0.2) is 24.3 Å². The van der Waals surface area contributed by atoms with E-state index in [2.05, 4.69) is 10.6 Å². The van der Waals surface area contributed by atoms with Gasteiger partial charge in [-0.15, -0.1) is 0 Å². The van der Waals surface area contributed by atoms with Gasteiger partial charge in [-0.2, -0.15) is 0 Å². The summed E-state index contributed by atoms with van der Waals surface area (Å²) in [6, 6.07) is 7.09. The average Bonchev–Trinajstić information content (AvgIpc) is 2.59. The van der Waals surface area contributed by atoms with Crippen LogP contribution in [0.1, 0.15) is 63.5 Å². The van der Waals surface area contributed by atoms with E-state index in [-0.39, 0.29) is 17.7 Å².